The zero-order valence-corrected chi connectivity index (χ0v) is 9.55. The molecule has 2 rings (SSSR count). The summed E-state index contributed by atoms with van der Waals surface area (Å²) in [5, 5.41) is 15.9. The minimum Gasteiger partial charge on any atom is -0.481 e. The van der Waals surface area contributed by atoms with E-state index in [2.05, 4.69) is 26.1 Å². The molecule has 1 unspecified atom stereocenters. The number of hydrogen-bond acceptors (Lipinski definition) is 2. The van der Waals surface area contributed by atoms with Crippen LogP contribution in [0.2, 0.25) is 0 Å². The molecule has 0 spiro atoms. The number of carbonyl (C=O) groups is 1. The lowest BCUT2D eigenvalue weighted by Crippen LogP contribution is -2.26. The van der Waals surface area contributed by atoms with Gasteiger partial charge in [-0.05, 0) is 27.8 Å². The zero-order chi connectivity index (χ0) is 10.6. The molecule has 0 saturated heterocycles. The SMILES string of the molecule is CC1(C)CC1(C(=O)O)c1[nH]ncc1Br. The largest absolute Gasteiger partial charge is 0.481 e. The molecule has 76 valence electrons. The molecule has 2 N–H and O–H groups in total. The molecule has 1 fully saturated rings. The van der Waals surface area contributed by atoms with Gasteiger partial charge in [0.15, 0.2) is 0 Å². The Morgan fingerprint density at radius 3 is 2.57 bits per heavy atom. The van der Waals surface area contributed by atoms with Crippen molar-refractivity contribution in [1.29, 1.82) is 0 Å². The molecule has 14 heavy (non-hydrogen) atoms. The van der Waals surface area contributed by atoms with E-state index in [0.29, 0.717) is 12.1 Å². The van der Waals surface area contributed by atoms with E-state index in [9.17, 15) is 9.90 Å². The van der Waals surface area contributed by atoms with E-state index < -0.39 is 11.4 Å². The maximum Gasteiger partial charge on any atom is 0.316 e. The minimum atomic E-state index is -0.789. The van der Waals surface area contributed by atoms with Gasteiger partial charge in [-0.15, -0.1) is 0 Å². The summed E-state index contributed by atoms with van der Waals surface area (Å²) in [4.78, 5) is 11.3. The maximum atomic E-state index is 11.3. The summed E-state index contributed by atoms with van der Waals surface area (Å²) in [5.41, 5.74) is -0.314. The molecule has 1 aromatic heterocycles. The van der Waals surface area contributed by atoms with Gasteiger partial charge in [0.1, 0.15) is 5.41 Å². The van der Waals surface area contributed by atoms with Crippen molar-refractivity contribution in [2.75, 3.05) is 0 Å². The fourth-order valence-electron chi connectivity index (χ4n) is 2.09. The fourth-order valence-corrected chi connectivity index (χ4v) is 2.62. The van der Waals surface area contributed by atoms with Crippen LogP contribution in [0.4, 0.5) is 0 Å². The molecule has 0 aromatic carbocycles. The van der Waals surface area contributed by atoms with Crippen LogP contribution in [-0.2, 0) is 10.2 Å². The van der Waals surface area contributed by atoms with Gasteiger partial charge in [0, 0.05) is 0 Å². The Bertz CT molecular complexity index is 399. The first-order valence-corrected chi connectivity index (χ1v) is 5.14. The van der Waals surface area contributed by atoms with Crippen molar-refractivity contribution in [3.8, 4) is 0 Å². The van der Waals surface area contributed by atoms with Crippen molar-refractivity contribution in [2.45, 2.75) is 25.7 Å². The van der Waals surface area contributed by atoms with E-state index in [4.69, 9.17) is 0 Å². The van der Waals surface area contributed by atoms with Crippen molar-refractivity contribution < 1.29 is 9.90 Å². The molecule has 4 nitrogen and oxygen atoms in total. The average Bonchev–Trinajstić information content (AvgIpc) is 2.44. The van der Waals surface area contributed by atoms with Crippen LogP contribution in [0, 0.1) is 5.41 Å². The van der Waals surface area contributed by atoms with Gasteiger partial charge < -0.3 is 5.11 Å². The van der Waals surface area contributed by atoms with E-state index in [0.717, 1.165) is 4.47 Å². The van der Waals surface area contributed by atoms with Gasteiger partial charge >= 0.3 is 5.97 Å². The highest BCUT2D eigenvalue weighted by Crippen LogP contribution is 2.64. The molecule has 1 aliphatic rings. The number of nitrogens with zero attached hydrogens (tertiary/aromatic N) is 1. The molecule has 1 atom stereocenters. The summed E-state index contributed by atoms with van der Waals surface area (Å²) >= 11 is 3.30. The molecule has 0 bridgehead atoms. The summed E-state index contributed by atoms with van der Waals surface area (Å²) < 4.78 is 0.741. The quantitative estimate of drug-likeness (QED) is 0.852. The predicted molar refractivity (Wildman–Crippen MR) is 54.0 cm³/mol. The van der Waals surface area contributed by atoms with Gasteiger partial charge in [-0.2, -0.15) is 5.10 Å². The normalized spacial score (nSPS) is 28.8. The Morgan fingerprint density at radius 1 is 1.71 bits per heavy atom. The molecule has 1 aromatic rings. The van der Waals surface area contributed by atoms with Crippen LogP contribution in [0.15, 0.2) is 10.7 Å². The lowest BCUT2D eigenvalue weighted by Gasteiger charge is -2.13. The maximum absolute atomic E-state index is 11.3. The number of aromatic amines is 1. The van der Waals surface area contributed by atoms with Crippen LogP contribution in [0.25, 0.3) is 0 Å². The third-order valence-corrected chi connectivity index (χ3v) is 3.72. The highest BCUT2D eigenvalue weighted by Gasteiger charge is 2.69. The lowest BCUT2D eigenvalue weighted by molar-refractivity contribution is -0.141. The Labute approximate surface area is 89.8 Å². The summed E-state index contributed by atoms with van der Waals surface area (Å²) in [7, 11) is 0. The Kier molecular flexibility index (Phi) is 1.80. The smallest absolute Gasteiger partial charge is 0.316 e. The van der Waals surface area contributed by atoms with Crippen LogP contribution in [0.1, 0.15) is 26.0 Å². The zero-order valence-electron chi connectivity index (χ0n) is 7.97. The lowest BCUT2D eigenvalue weighted by atomic mass is 9.92. The molecule has 0 aliphatic heterocycles. The second-order valence-electron chi connectivity index (χ2n) is 4.36. The van der Waals surface area contributed by atoms with Gasteiger partial charge in [0.25, 0.3) is 0 Å². The number of aliphatic carboxylic acids is 1. The first-order chi connectivity index (χ1) is 6.42. The van der Waals surface area contributed by atoms with Crippen LogP contribution >= 0.6 is 15.9 Å². The summed E-state index contributed by atoms with van der Waals surface area (Å²) in [5.74, 6) is -0.785. The van der Waals surface area contributed by atoms with Gasteiger partial charge in [0.05, 0.1) is 16.4 Å². The fraction of sp³-hybridized carbons (Fsp3) is 0.556. The van der Waals surface area contributed by atoms with Crippen molar-refractivity contribution in [3.63, 3.8) is 0 Å². The Morgan fingerprint density at radius 2 is 2.29 bits per heavy atom. The van der Waals surface area contributed by atoms with E-state index >= 15 is 0 Å². The number of hydrogen-bond donors (Lipinski definition) is 2. The van der Waals surface area contributed by atoms with Gasteiger partial charge in [0.2, 0.25) is 0 Å². The first kappa shape index (κ1) is 9.71. The van der Waals surface area contributed by atoms with Crippen LogP contribution < -0.4 is 0 Å². The van der Waals surface area contributed by atoms with E-state index in [1.165, 1.54) is 0 Å². The second-order valence-corrected chi connectivity index (χ2v) is 5.22. The first-order valence-electron chi connectivity index (χ1n) is 4.34. The van der Waals surface area contributed by atoms with E-state index in [-0.39, 0.29) is 5.41 Å². The topological polar surface area (TPSA) is 66.0 Å². The monoisotopic (exact) mass is 258 g/mol. The van der Waals surface area contributed by atoms with E-state index in [1.54, 1.807) is 6.20 Å². The summed E-state index contributed by atoms with van der Waals surface area (Å²) in [6, 6.07) is 0. The average molecular weight is 259 g/mol. The standard InChI is InChI=1S/C9H11BrN2O2/c1-8(2)4-9(8,7(13)14)6-5(10)3-11-12-6/h3H,4H2,1-2H3,(H,11,12)(H,13,14). The highest BCUT2D eigenvalue weighted by atomic mass is 79.9. The van der Waals surface area contributed by atoms with Crippen molar-refractivity contribution in [2.24, 2.45) is 5.41 Å². The molecule has 0 radical (unpaired) electrons. The Balaban J connectivity index is 2.52. The molecular weight excluding hydrogens is 248 g/mol. The summed E-state index contributed by atoms with van der Waals surface area (Å²) in [6.07, 6.45) is 2.24. The number of carboxylic acids is 1. The molecule has 5 heteroatoms. The predicted octanol–water partition coefficient (Wildman–Crippen LogP) is 1.92. The number of H-pyrrole nitrogens is 1. The number of nitrogens with one attached hydrogen (secondary N) is 1. The van der Waals surface area contributed by atoms with Crippen LogP contribution in [-0.4, -0.2) is 21.3 Å². The van der Waals surface area contributed by atoms with Gasteiger partial charge in [-0.3, -0.25) is 9.89 Å². The van der Waals surface area contributed by atoms with Gasteiger partial charge in [-0.25, -0.2) is 0 Å². The highest BCUT2D eigenvalue weighted by molar-refractivity contribution is 9.10. The van der Waals surface area contributed by atoms with Crippen molar-refractivity contribution in [3.05, 3.63) is 16.4 Å². The number of carboxylic acid groups (broad SMARTS) is 1. The molecule has 1 saturated carbocycles. The van der Waals surface area contributed by atoms with Crippen LogP contribution in [0.5, 0.6) is 0 Å². The van der Waals surface area contributed by atoms with Crippen molar-refractivity contribution >= 4 is 21.9 Å². The van der Waals surface area contributed by atoms with E-state index in [1.807, 2.05) is 13.8 Å². The second kappa shape index (κ2) is 2.59. The third kappa shape index (κ3) is 0.987. The number of rotatable bonds is 2. The number of halogens is 1. The van der Waals surface area contributed by atoms with Crippen LogP contribution in [0.3, 0.4) is 0 Å². The molecule has 1 heterocycles. The number of aromatic nitrogens is 2. The van der Waals surface area contributed by atoms with Gasteiger partial charge in [-0.1, -0.05) is 13.8 Å². The minimum absolute atomic E-state index is 0.201. The Hall–Kier alpha value is -0.840. The molecule has 0 amide bonds. The molecular formula is C9H11BrN2O2. The third-order valence-electron chi connectivity index (χ3n) is 3.12. The molecule has 1 aliphatic carbocycles. The summed E-state index contributed by atoms with van der Waals surface area (Å²) in [6.45, 7) is 3.91. The van der Waals surface area contributed by atoms with Crippen molar-refractivity contribution in [1.82, 2.24) is 10.2 Å².